The zero-order chi connectivity index (χ0) is 13.8. The second-order valence-electron chi connectivity index (χ2n) is 4.91. The molecule has 0 fully saturated rings. The standard InChI is InChI=1S/C17H18O2/c1-3-14-9-13(8-7-12(14)2)10-15-5-4-6-16(11-18)17(15)19/h4-9,11,15H,3,10H2,1-2H3. The molecule has 0 amide bonds. The van der Waals surface area contributed by atoms with E-state index in [1.807, 2.05) is 6.08 Å². The maximum Gasteiger partial charge on any atom is 0.173 e. The molecule has 0 radical (unpaired) electrons. The monoisotopic (exact) mass is 254 g/mol. The molecule has 2 heteroatoms. The number of benzene rings is 1. The van der Waals surface area contributed by atoms with Gasteiger partial charge in [0, 0.05) is 5.92 Å². The SMILES string of the molecule is CCc1cc(CC2C=CC=C(C=O)C2=O)ccc1C. The highest BCUT2D eigenvalue weighted by Crippen LogP contribution is 2.20. The van der Waals surface area contributed by atoms with Gasteiger partial charge in [0.25, 0.3) is 0 Å². The first-order valence-corrected chi connectivity index (χ1v) is 6.62. The Morgan fingerprint density at radius 2 is 2.11 bits per heavy atom. The lowest BCUT2D eigenvalue weighted by molar-refractivity contribution is -0.119. The van der Waals surface area contributed by atoms with Crippen LogP contribution in [0.2, 0.25) is 0 Å². The van der Waals surface area contributed by atoms with Crippen molar-refractivity contribution < 1.29 is 9.59 Å². The third kappa shape index (κ3) is 2.90. The van der Waals surface area contributed by atoms with E-state index in [1.165, 1.54) is 11.1 Å². The summed E-state index contributed by atoms with van der Waals surface area (Å²) in [6, 6.07) is 6.32. The summed E-state index contributed by atoms with van der Waals surface area (Å²) in [6.07, 6.45) is 7.55. The Bertz CT molecular complexity index is 565. The Hall–Kier alpha value is -1.96. The van der Waals surface area contributed by atoms with Crippen molar-refractivity contribution in [1.82, 2.24) is 0 Å². The molecule has 0 aromatic heterocycles. The van der Waals surface area contributed by atoms with Gasteiger partial charge in [-0.05, 0) is 42.5 Å². The number of allylic oxidation sites excluding steroid dienone is 4. The quantitative estimate of drug-likeness (QED) is 0.611. The number of ketones is 1. The second-order valence-corrected chi connectivity index (χ2v) is 4.91. The Labute approximate surface area is 113 Å². The summed E-state index contributed by atoms with van der Waals surface area (Å²) in [6.45, 7) is 4.23. The maximum absolute atomic E-state index is 12.0. The topological polar surface area (TPSA) is 34.1 Å². The lowest BCUT2D eigenvalue weighted by atomic mass is 9.87. The van der Waals surface area contributed by atoms with Gasteiger partial charge in [0.2, 0.25) is 0 Å². The zero-order valence-corrected chi connectivity index (χ0v) is 11.3. The van der Waals surface area contributed by atoms with E-state index >= 15 is 0 Å². The largest absolute Gasteiger partial charge is 0.298 e. The van der Waals surface area contributed by atoms with Crippen LogP contribution >= 0.6 is 0 Å². The van der Waals surface area contributed by atoms with Crippen LogP contribution in [0.1, 0.15) is 23.6 Å². The molecule has 2 nitrogen and oxygen atoms in total. The van der Waals surface area contributed by atoms with E-state index < -0.39 is 0 Å². The summed E-state index contributed by atoms with van der Waals surface area (Å²) in [5.74, 6) is -0.284. The summed E-state index contributed by atoms with van der Waals surface area (Å²) in [5, 5.41) is 0. The zero-order valence-electron chi connectivity index (χ0n) is 11.3. The average molecular weight is 254 g/mol. The van der Waals surface area contributed by atoms with Crippen LogP contribution in [0, 0.1) is 12.8 Å². The molecule has 0 saturated carbocycles. The molecular formula is C17H18O2. The molecule has 1 atom stereocenters. The minimum Gasteiger partial charge on any atom is -0.298 e. The summed E-state index contributed by atoms with van der Waals surface area (Å²) in [5.41, 5.74) is 4.02. The van der Waals surface area contributed by atoms with Crippen molar-refractivity contribution in [3.8, 4) is 0 Å². The number of rotatable bonds is 4. The first-order chi connectivity index (χ1) is 9.15. The summed E-state index contributed by atoms with van der Waals surface area (Å²) < 4.78 is 0. The normalized spacial score (nSPS) is 18.3. The highest BCUT2D eigenvalue weighted by molar-refractivity contribution is 6.14. The Morgan fingerprint density at radius 3 is 2.79 bits per heavy atom. The van der Waals surface area contributed by atoms with E-state index in [-0.39, 0.29) is 17.3 Å². The van der Waals surface area contributed by atoms with Gasteiger partial charge in [-0.15, -0.1) is 0 Å². The Morgan fingerprint density at radius 1 is 1.32 bits per heavy atom. The fourth-order valence-corrected chi connectivity index (χ4v) is 2.42. The second kappa shape index (κ2) is 5.79. The Kier molecular flexibility index (Phi) is 4.10. The predicted octanol–water partition coefficient (Wildman–Crippen LogP) is 2.98. The van der Waals surface area contributed by atoms with Crippen molar-refractivity contribution in [2.75, 3.05) is 0 Å². The number of Topliss-reactive ketones (excluding diaryl/α,β-unsaturated/α-hetero) is 1. The number of carbonyl (C=O) groups excluding carboxylic acids is 2. The molecular weight excluding hydrogens is 236 g/mol. The van der Waals surface area contributed by atoms with Crippen LogP contribution in [0.25, 0.3) is 0 Å². The molecule has 2 rings (SSSR count). The van der Waals surface area contributed by atoms with Crippen LogP contribution in [0.5, 0.6) is 0 Å². The molecule has 19 heavy (non-hydrogen) atoms. The van der Waals surface area contributed by atoms with Gasteiger partial charge in [-0.1, -0.05) is 37.3 Å². The number of hydrogen-bond acceptors (Lipinski definition) is 2. The van der Waals surface area contributed by atoms with Crippen LogP contribution in [0.4, 0.5) is 0 Å². The molecule has 0 spiro atoms. The van der Waals surface area contributed by atoms with Crippen LogP contribution in [-0.2, 0) is 22.4 Å². The number of aryl methyl sites for hydroxylation is 2. The molecule has 0 heterocycles. The van der Waals surface area contributed by atoms with Gasteiger partial charge in [0.05, 0.1) is 5.57 Å². The Balaban J connectivity index is 2.18. The van der Waals surface area contributed by atoms with Crippen LogP contribution < -0.4 is 0 Å². The van der Waals surface area contributed by atoms with Crippen LogP contribution in [-0.4, -0.2) is 12.1 Å². The molecule has 0 saturated heterocycles. The van der Waals surface area contributed by atoms with Gasteiger partial charge in [0.1, 0.15) is 0 Å². The van der Waals surface area contributed by atoms with Crippen molar-refractivity contribution in [2.24, 2.45) is 5.92 Å². The molecule has 1 aliphatic carbocycles. The molecule has 1 aromatic carbocycles. The fraction of sp³-hybridized carbons (Fsp3) is 0.294. The van der Waals surface area contributed by atoms with E-state index in [1.54, 1.807) is 12.2 Å². The molecule has 0 aliphatic heterocycles. The van der Waals surface area contributed by atoms with Crippen molar-refractivity contribution in [1.29, 1.82) is 0 Å². The first kappa shape index (κ1) is 13.5. The first-order valence-electron chi connectivity index (χ1n) is 6.62. The van der Waals surface area contributed by atoms with E-state index in [4.69, 9.17) is 0 Å². The van der Waals surface area contributed by atoms with Crippen LogP contribution in [0.15, 0.2) is 42.0 Å². The number of aldehydes is 1. The third-order valence-corrected chi connectivity index (χ3v) is 3.62. The van der Waals surface area contributed by atoms with Gasteiger partial charge < -0.3 is 0 Å². The van der Waals surface area contributed by atoms with E-state index in [0.717, 1.165) is 12.0 Å². The van der Waals surface area contributed by atoms with Crippen molar-refractivity contribution in [3.05, 3.63) is 58.7 Å². The van der Waals surface area contributed by atoms with Crippen molar-refractivity contribution in [2.45, 2.75) is 26.7 Å². The molecule has 98 valence electrons. The number of carbonyl (C=O) groups is 2. The highest BCUT2D eigenvalue weighted by atomic mass is 16.1. The minimum absolute atomic E-state index is 0.0730. The van der Waals surface area contributed by atoms with E-state index in [0.29, 0.717) is 12.7 Å². The van der Waals surface area contributed by atoms with Gasteiger partial charge in [-0.2, -0.15) is 0 Å². The predicted molar refractivity (Wildman–Crippen MR) is 76.0 cm³/mol. The van der Waals surface area contributed by atoms with E-state index in [2.05, 4.69) is 32.0 Å². The lowest BCUT2D eigenvalue weighted by Crippen LogP contribution is -2.20. The average Bonchev–Trinajstić information content (AvgIpc) is 2.43. The van der Waals surface area contributed by atoms with Gasteiger partial charge in [-0.25, -0.2) is 0 Å². The van der Waals surface area contributed by atoms with Gasteiger partial charge >= 0.3 is 0 Å². The summed E-state index contributed by atoms with van der Waals surface area (Å²) >= 11 is 0. The van der Waals surface area contributed by atoms with E-state index in [9.17, 15) is 9.59 Å². The smallest absolute Gasteiger partial charge is 0.173 e. The van der Waals surface area contributed by atoms with Crippen molar-refractivity contribution in [3.63, 3.8) is 0 Å². The third-order valence-electron chi connectivity index (χ3n) is 3.62. The van der Waals surface area contributed by atoms with Gasteiger partial charge in [-0.3, -0.25) is 9.59 Å². The number of hydrogen-bond donors (Lipinski definition) is 0. The summed E-state index contributed by atoms with van der Waals surface area (Å²) in [4.78, 5) is 22.8. The lowest BCUT2D eigenvalue weighted by Gasteiger charge is -2.15. The highest BCUT2D eigenvalue weighted by Gasteiger charge is 2.22. The minimum atomic E-state index is -0.211. The van der Waals surface area contributed by atoms with Crippen molar-refractivity contribution >= 4 is 12.1 Å². The van der Waals surface area contributed by atoms with Crippen LogP contribution in [0.3, 0.4) is 0 Å². The molecule has 1 aliphatic rings. The molecule has 1 aromatic rings. The fourth-order valence-electron chi connectivity index (χ4n) is 2.42. The molecule has 0 N–H and O–H groups in total. The summed E-state index contributed by atoms with van der Waals surface area (Å²) in [7, 11) is 0. The van der Waals surface area contributed by atoms with Gasteiger partial charge in [0.15, 0.2) is 12.1 Å². The molecule has 0 bridgehead atoms. The molecule has 1 unspecified atom stereocenters. The maximum atomic E-state index is 12.0.